The van der Waals surface area contributed by atoms with Gasteiger partial charge in [0.1, 0.15) is 0 Å². The highest BCUT2D eigenvalue weighted by molar-refractivity contribution is 5.91. The molecule has 6 heteroatoms. The summed E-state index contributed by atoms with van der Waals surface area (Å²) in [5.41, 5.74) is 39.5. The molecule has 16 rings (SSSR count). The number of nitrogens with zero attached hydrogens (tertiary/aromatic N) is 6. The molecule has 0 aromatic heterocycles. The van der Waals surface area contributed by atoms with Crippen molar-refractivity contribution in [1.82, 2.24) is 0 Å². The molecule has 16 aromatic rings. The Kier molecular flexibility index (Phi) is 22.1. The van der Waals surface area contributed by atoms with Gasteiger partial charge in [-0.25, -0.2) is 0 Å². The maximum atomic E-state index is 4.99. The topological polar surface area (TPSA) is 74.2 Å². The van der Waals surface area contributed by atoms with Crippen LogP contribution in [-0.2, 0) is 0 Å². The van der Waals surface area contributed by atoms with Crippen molar-refractivity contribution >= 4 is 71.4 Å². The highest BCUT2D eigenvalue weighted by atomic mass is 14.7. The van der Waals surface area contributed by atoms with E-state index < -0.39 is 0 Å². The predicted octanol–water partition coefficient (Wildman–Crippen LogP) is 30.0. The highest BCUT2D eigenvalue weighted by Crippen LogP contribution is 2.41. The Balaban J connectivity index is 0.601. The smallest absolute Gasteiger partial charge is 0.0630 e. The van der Waals surface area contributed by atoms with E-state index in [0.717, 1.165) is 151 Å². The van der Waals surface area contributed by atoms with Crippen molar-refractivity contribution < 1.29 is 0 Å². The van der Waals surface area contributed by atoms with E-state index in [4.69, 9.17) is 15.0 Å². The van der Waals surface area contributed by atoms with Crippen LogP contribution in [0.3, 0.4) is 0 Å². The van der Waals surface area contributed by atoms with Crippen molar-refractivity contribution in [3.8, 4) is 134 Å². The Labute approximate surface area is 669 Å². The van der Waals surface area contributed by atoms with Crippen LogP contribution in [0.5, 0.6) is 0 Å². The van der Waals surface area contributed by atoms with E-state index >= 15 is 0 Å². The third kappa shape index (κ3) is 17.9. The van der Waals surface area contributed by atoms with Gasteiger partial charge in [0, 0.05) is 37.3 Å². The van der Waals surface area contributed by atoms with E-state index in [-0.39, 0.29) is 0 Å². The lowest BCUT2D eigenvalue weighted by molar-refractivity contribution is 1.46. The highest BCUT2D eigenvalue weighted by Gasteiger charge is 2.15. The van der Waals surface area contributed by atoms with Crippen LogP contribution in [0.25, 0.3) is 134 Å². The largest absolute Gasteiger partial charge is 0.262 e. The van der Waals surface area contributed by atoms with Crippen molar-refractivity contribution in [3.63, 3.8) is 0 Å². The minimum absolute atomic E-state index is 0.867. The van der Waals surface area contributed by atoms with E-state index in [1.54, 1.807) is 0 Å². The Morgan fingerprint density at radius 3 is 0.404 bits per heavy atom. The Hall–Kier alpha value is -14.5. The lowest BCUT2D eigenvalue weighted by Crippen LogP contribution is -1.88. The van der Waals surface area contributed by atoms with Crippen molar-refractivity contribution in [2.75, 3.05) is 0 Å². The summed E-state index contributed by atoms with van der Waals surface area (Å²) in [7, 11) is 0. The van der Waals surface area contributed by atoms with Gasteiger partial charge in [0.15, 0.2) is 0 Å². The zero-order valence-electron chi connectivity index (χ0n) is 64.8. The Morgan fingerprint density at radius 2 is 0.263 bits per heavy atom. The fourth-order valence-corrected chi connectivity index (χ4v) is 14.4. The van der Waals surface area contributed by atoms with Gasteiger partial charge in [0.2, 0.25) is 0 Å². The first-order chi connectivity index (χ1) is 55.9. The molecule has 0 atom stereocenters. The van der Waals surface area contributed by atoms with Crippen LogP contribution in [0.1, 0.15) is 54.2 Å². The second kappa shape index (κ2) is 34.2. The van der Waals surface area contributed by atoms with Crippen molar-refractivity contribution in [2.45, 2.75) is 41.5 Å². The van der Waals surface area contributed by atoms with Crippen LogP contribution >= 0.6 is 0 Å². The van der Waals surface area contributed by atoms with Gasteiger partial charge in [0.05, 0.1) is 34.1 Å². The molecular formula is C108H84N6. The van der Waals surface area contributed by atoms with Crippen LogP contribution in [0.4, 0.5) is 34.1 Å². The van der Waals surface area contributed by atoms with Gasteiger partial charge in [0.25, 0.3) is 0 Å². The van der Waals surface area contributed by atoms with Gasteiger partial charge in [-0.2, -0.15) is 0 Å². The van der Waals surface area contributed by atoms with E-state index in [9.17, 15) is 0 Å². The summed E-state index contributed by atoms with van der Waals surface area (Å²) < 4.78 is 0. The molecule has 0 saturated carbocycles. The Morgan fingerprint density at radius 1 is 0.140 bits per heavy atom. The van der Waals surface area contributed by atoms with Crippen LogP contribution in [0, 0.1) is 20.8 Å². The van der Waals surface area contributed by atoms with Crippen molar-refractivity contribution in [1.29, 1.82) is 0 Å². The summed E-state index contributed by atoms with van der Waals surface area (Å²) in [6, 6.07) is 131. The van der Waals surface area contributed by atoms with Crippen molar-refractivity contribution in [3.05, 3.63) is 397 Å². The first-order valence-electron chi connectivity index (χ1n) is 38.8. The second-order valence-corrected chi connectivity index (χ2v) is 28.9. The van der Waals surface area contributed by atoms with E-state index in [2.05, 4.69) is 400 Å². The predicted molar refractivity (Wildman–Crippen MR) is 488 cm³/mol. The first kappa shape index (κ1) is 73.7. The summed E-state index contributed by atoms with van der Waals surface area (Å²) in [5, 5.41) is 0. The first-order valence-corrected chi connectivity index (χ1v) is 38.8. The van der Waals surface area contributed by atoms with E-state index in [1.165, 1.54) is 50.1 Å². The monoisotopic (exact) mass is 1460 g/mol. The molecule has 546 valence electrons. The number of aliphatic imine (C=N–C) groups is 6. The molecule has 0 radical (unpaired) electrons. The SMILES string of the molecule is CC=Nc1ccc(-c2cc(-c3ccc(/N=C/C)cc3)cc(-c3ccc(/N=C/c4ccc(-c5cc(-c6ccc(C)cc6)cc(-c6ccc(/C=N/c7ccc(-c8cc(-c9ccc(N=CC)cc9)cc(-c9ccc(/N=C/c%10ccc(-c%11cc(-c%12ccc(C)cc%12)cc(-c%12ccc(C)cc%12)c%11)cc%10)cc9)c8)cc7)cc6)c5)cc4)cc3)c2)cc1. The Bertz CT molecular complexity index is 6110. The molecule has 0 amide bonds. The standard InChI is InChI=1S/C108H84N6/c1-7-109-103-46-34-85(35-47-103)97-64-98(86-36-48-104(49-37-86)110-8-2)66-100(65-97)88-40-52-106(53-41-88)113-71-77-18-30-83(31-19-77)95-61-93(81-26-14-75(6)15-27-81)62-96(63-95)84-32-20-78(21-33-84)72-114-108-56-44-90(45-57-108)102-68-99(87-38-50-105(51-39-87)111-9-3)67-101(69-102)89-42-54-107(55-43-89)112-70-76-16-28-82(29-17-76)94-59-91(79-22-10-73(4)11-23-79)58-92(60-94)80-24-12-74(5)13-25-80/h7-72H,1-6H3/b109-7+,110-8?,111-9?,112-70+,113-71+,114-72+. The summed E-state index contributed by atoms with van der Waals surface area (Å²) in [4.78, 5) is 28.4. The maximum absolute atomic E-state index is 4.99. The number of benzene rings is 16. The lowest BCUT2D eigenvalue weighted by Gasteiger charge is -2.12. The normalized spacial score (nSPS) is 11.7. The van der Waals surface area contributed by atoms with E-state index in [0.29, 0.717) is 0 Å². The van der Waals surface area contributed by atoms with Gasteiger partial charge < -0.3 is 0 Å². The molecule has 0 aliphatic carbocycles. The number of aryl methyl sites for hydroxylation is 3. The summed E-state index contributed by atoms with van der Waals surface area (Å²) >= 11 is 0. The molecule has 0 aliphatic rings. The average molecular weight is 1470 g/mol. The van der Waals surface area contributed by atoms with Crippen LogP contribution in [0.15, 0.2) is 394 Å². The molecule has 16 aromatic carbocycles. The molecule has 0 bridgehead atoms. The summed E-state index contributed by atoms with van der Waals surface area (Å²) in [6.45, 7) is 12.2. The fourth-order valence-electron chi connectivity index (χ4n) is 14.4. The van der Waals surface area contributed by atoms with Gasteiger partial charge in [-0.3, -0.25) is 30.0 Å². The van der Waals surface area contributed by atoms with Crippen LogP contribution < -0.4 is 0 Å². The lowest BCUT2D eigenvalue weighted by atomic mass is 9.92. The number of hydrogen-bond donors (Lipinski definition) is 0. The average Bonchev–Trinajstić information content (AvgIpc) is 0.812. The molecule has 0 aliphatic heterocycles. The van der Waals surface area contributed by atoms with E-state index in [1.807, 2.05) is 58.1 Å². The molecular weight excluding hydrogens is 1380 g/mol. The molecule has 0 fully saturated rings. The number of hydrogen-bond acceptors (Lipinski definition) is 6. The van der Waals surface area contributed by atoms with Gasteiger partial charge in [-0.15, -0.1) is 0 Å². The second-order valence-electron chi connectivity index (χ2n) is 28.9. The molecule has 0 spiro atoms. The molecule has 114 heavy (non-hydrogen) atoms. The third-order valence-corrected chi connectivity index (χ3v) is 20.7. The van der Waals surface area contributed by atoms with Crippen molar-refractivity contribution in [2.24, 2.45) is 30.0 Å². The molecule has 6 nitrogen and oxygen atoms in total. The molecule has 0 saturated heterocycles. The molecule has 0 N–H and O–H groups in total. The third-order valence-electron chi connectivity index (χ3n) is 20.7. The van der Waals surface area contributed by atoms with Crippen LogP contribution in [0.2, 0.25) is 0 Å². The minimum atomic E-state index is 0.867. The molecule has 0 unspecified atom stereocenters. The summed E-state index contributed by atoms with van der Waals surface area (Å²) in [6.07, 6.45) is 11.3. The zero-order chi connectivity index (χ0) is 77.7. The fraction of sp³-hybridized carbons (Fsp3) is 0.0556. The van der Waals surface area contributed by atoms with Gasteiger partial charge in [-0.1, -0.05) is 235 Å². The maximum Gasteiger partial charge on any atom is 0.0630 e. The zero-order valence-corrected chi connectivity index (χ0v) is 64.8. The number of rotatable bonds is 21. The van der Waals surface area contributed by atoms with Gasteiger partial charge in [-0.05, 0) is 337 Å². The minimum Gasteiger partial charge on any atom is -0.262 e. The van der Waals surface area contributed by atoms with Crippen LogP contribution in [-0.4, -0.2) is 37.3 Å². The quantitative estimate of drug-likeness (QED) is 0.0643. The van der Waals surface area contributed by atoms with Gasteiger partial charge >= 0.3 is 0 Å². The summed E-state index contributed by atoms with van der Waals surface area (Å²) in [5.74, 6) is 0. The molecule has 0 heterocycles.